The summed E-state index contributed by atoms with van der Waals surface area (Å²) in [4.78, 5) is 17.4. The third-order valence-electron chi connectivity index (χ3n) is 4.57. The fraction of sp³-hybridized carbons (Fsp3) is 0.150. The zero-order chi connectivity index (χ0) is 19.7. The van der Waals surface area contributed by atoms with E-state index >= 15 is 0 Å². The lowest BCUT2D eigenvalue weighted by molar-refractivity contribution is -0.113. The van der Waals surface area contributed by atoms with E-state index in [4.69, 9.17) is 16.3 Å². The van der Waals surface area contributed by atoms with Crippen LogP contribution in [0.15, 0.2) is 66.1 Å². The highest BCUT2D eigenvalue weighted by molar-refractivity contribution is 6.30. The Kier molecular flexibility index (Phi) is 4.75. The van der Waals surface area contributed by atoms with Crippen LogP contribution in [-0.4, -0.2) is 27.8 Å². The first-order chi connectivity index (χ1) is 13.6. The predicted molar refractivity (Wildman–Crippen MR) is 108 cm³/mol. The molecule has 0 saturated heterocycles. The molecule has 8 heteroatoms. The number of methoxy groups -OCH3 is 1. The van der Waals surface area contributed by atoms with Gasteiger partial charge in [0.1, 0.15) is 18.1 Å². The Morgan fingerprint density at radius 1 is 1.18 bits per heavy atom. The number of hydrogen-bond donors (Lipinski definition) is 2. The average Bonchev–Trinajstić information content (AvgIpc) is 3.16. The molecule has 4 rings (SSSR count). The Bertz CT molecular complexity index is 1040. The Morgan fingerprint density at radius 2 is 1.89 bits per heavy atom. The second-order valence-corrected chi connectivity index (χ2v) is 6.77. The van der Waals surface area contributed by atoms with E-state index in [0.29, 0.717) is 27.9 Å². The Labute approximate surface area is 167 Å². The molecule has 2 N–H and O–H groups in total. The number of rotatable bonds is 4. The summed E-state index contributed by atoms with van der Waals surface area (Å²) in [7, 11) is 1.62. The maximum atomic E-state index is 13.2. The summed E-state index contributed by atoms with van der Waals surface area (Å²) >= 11 is 5.93. The van der Waals surface area contributed by atoms with Crippen LogP contribution in [0.2, 0.25) is 5.02 Å². The van der Waals surface area contributed by atoms with Crippen molar-refractivity contribution < 1.29 is 9.53 Å². The Hall–Kier alpha value is -3.32. The second kappa shape index (κ2) is 7.36. The molecule has 0 aliphatic carbocycles. The third kappa shape index (κ3) is 3.32. The number of allylic oxidation sites excluding steroid dienone is 1. The highest BCUT2D eigenvalue weighted by Crippen LogP contribution is 2.35. The molecule has 1 amide bonds. The first-order valence-electron chi connectivity index (χ1n) is 8.65. The molecule has 2 aromatic carbocycles. The maximum absolute atomic E-state index is 13.2. The highest BCUT2D eigenvalue weighted by Gasteiger charge is 2.33. The van der Waals surface area contributed by atoms with E-state index in [1.165, 1.54) is 6.33 Å². The van der Waals surface area contributed by atoms with Crippen LogP contribution in [0.5, 0.6) is 5.75 Å². The summed E-state index contributed by atoms with van der Waals surface area (Å²) in [6.07, 6.45) is 1.46. The maximum Gasteiger partial charge on any atom is 0.255 e. The van der Waals surface area contributed by atoms with Crippen molar-refractivity contribution in [3.63, 3.8) is 0 Å². The van der Waals surface area contributed by atoms with Gasteiger partial charge in [0, 0.05) is 16.4 Å². The second-order valence-electron chi connectivity index (χ2n) is 6.33. The molecule has 0 unspecified atom stereocenters. The number of amides is 1. The fourth-order valence-corrected chi connectivity index (χ4v) is 3.34. The molecule has 0 spiro atoms. The summed E-state index contributed by atoms with van der Waals surface area (Å²) in [6, 6.07) is 14.1. The number of benzene rings is 2. The van der Waals surface area contributed by atoms with E-state index in [0.717, 1.165) is 11.3 Å². The molecule has 1 aliphatic rings. The summed E-state index contributed by atoms with van der Waals surface area (Å²) in [5.41, 5.74) is 2.83. The van der Waals surface area contributed by atoms with Crippen LogP contribution in [-0.2, 0) is 4.79 Å². The van der Waals surface area contributed by atoms with Gasteiger partial charge < -0.3 is 15.4 Å². The molecule has 0 fully saturated rings. The minimum Gasteiger partial charge on any atom is -0.497 e. The molecule has 0 saturated carbocycles. The van der Waals surface area contributed by atoms with E-state index in [2.05, 4.69) is 20.7 Å². The van der Waals surface area contributed by atoms with Crippen molar-refractivity contribution in [3.8, 4) is 5.75 Å². The molecular weight excluding hydrogens is 378 g/mol. The van der Waals surface area contributed by atoms with Gasteiger partial charge in [0.2, 0.25) is 5.95 Å². The number of anilines is 2. The zero-order valence-corrected chi connectivity index (χ0v) is 16.1. The van der Waals surface area contributed by atoms with Crippen molar-refractivity contribution >= 4 is 29.1 Å². The van der Waals surface area contributed by atoms with Gasteiger partial charge in [-0.15, -0.1) is 0 Å². The van der Waals surface area contributed by atoms with Gasteiger partial charge >= 0.3 is 0 Å². The van der Waals surface area contributed by atoms with Crippen LogP contribution in [0.4, 0.5) is 11.6 Å². The van der Waals surface area contributed by atoms with Crippen LogP contribution in [0.3, 0.4) is 0 Å². The Morgan fingerprint density at radius 3 is 2.57 bits per heavy atom. The fourth-order valence-electron chi connectivity index (χ4n) is 3.21. The standard InChI is InChI=1S/C20H18ClN5O2/c1-12-17(19(27)25-15-7-5-14(21)6-8-15)18(26-20(24-12)22-11-23-26)13-3-9-16(28-2)10-4-13/h3-11,18H,1-2H3,(H,25,27)(H,22,23,24)/t18-/m0/s1. The van der Waals surface area contributed by atoms with E-state index in [-0.39, 0.29) is 5.91 Å². The molecule has 1 aromatic heterocycles. The molecule has 0 radical (unpaired) electrons. The molecule has 142 valence electrons. The number of hydrogen-bond acceptors (Lipinski definition) is 5. The highest BCUT2D eigenvalue weighted by atomic mass is 35.5. The minimum absolute atomic E-state index is 0.228. The number of aromatic nitrogens is 3. The molecule has 28 heavy (non-hydrogen) atoms. The summed E-state index contributed by atoms with van der Waals surface area (Å²) in [5, 5.41) is 11.0. The van der Waals surface area contributed by atoms with Gasteiger partial charge in [-0.3, -0.25) is 4.79 Å². The van der Waals surface area contributed by atoms with Gasteiger partial charge in [-0.1, -0.05) is 23.7 Å². The van der Waals surface area contributed by atoms with Gasteiger partial charge in [-0.2, -0.15) is 10.1 Å². The predicted octanol–water partition coefficient (Wildman–Crippen LogP) is 3.87. The van der Waals surface area contributed by atoms with E-state index in [1.807, 2.05) is 31.2 Å². The van der Waals surface area contributed by atoms with Crippen molar-refractivity contribution in [3.05, 3.63) is 76.7 Å². The van der Waals surface area contributed by atoms with Crippen LogP contribution in [0.25, 0.3) is 0 Å². The van der Waals surface area contributed by atoms with Gasteiger partial charge in [-0.25, -0.2) is 4.68 Å². The smallest absolute Gasteiger partial charge is 0.255 e. The van der Waals surface area contributed by atoms with Crippen LogP contribution in [0, 0.1) is 0 Å². The van der Waals surface area contributed by atoms with Crippen molar-refractivity contribution in [2.45, 2.75) is 13.0 Å². The van der Waals surface area contributed by atoms with Gasteiger partial charge in [-0.05, 0) is 48.9 Å². The lowest BCUT2D eigenvalue weighted by atomic mass is 9.95. The van der Waals surface area contributed by atoms with Crippen molar-refractivity contribution in [1.29, 1.82) is 0 Å². The quantitative estimate of drug-likeness (QED) is 0.700. The van der Waals surface area contributed by atoms with Crippen LogP contribution in [0.1, 0.15) is 18.5 Å². The average molecular weight is 396 g/mol. The molecule has 0 bridgehead atoms. The molecule has 1 aliphatic heterocycles. The number of fused-ring (bicyclic) bond motifs is 1. The molecule has 7 nitrogen and oxygen atoms in total. The summed E-state index contributed by atoms with van der Waals surface area (Å²) in [5.74, 6) is 1.10. The zero-order valence-electron chi connectivity index (χ0n) is 15.3. The topological polar surface area (TPSA) is 81.1 Å². The van der Waals surface area contributed by atoms with Gasteiger partial charge in [0.05, 0.1) is 12.7 Å². The monoisotopic (exact) mass is 395 g/mol. The molecular formula is C20H18ClN5O2. The Balaban J connectivity index is 1.73. The first-order valence-corrected chi connectivity index (χ1v) is 9.03. The normalized spacial score (nSPS) is 15.6. The van der Waals surface area contributed by atoms with E-state index in [9.17, 15) is 4.79 Å². The first kappa shape index (κ1) is 18.1. The van der Waals surface area contributed by atoms with E-state index in [1.54, 1.807) is 36.1 Å². The number of nitrogens with zero attached hydrogens (tertiary/aromatic N) is 3. The largest absolute Gasteiger partial charge is 0.497 e. The van der Waals surface area contributed by atoms with Crippen molar-refractivity contribution in [2.75, 3.05) is 17.7 Å². The number of halogens is 1. The lowest BCUT2D eigenvalue weighted by Crippen LogP contribution is -2.31. The molecule has 3 aromatic rings. The van der Waals surface area contributed by atoms with E-state index < -0.39 is 6.04 Å². The third-order valence-corrected chi connectivity index (χ3v) is 4.82. The molecule has 1 atom stereocenters. The number of carbonyl (C=O) groups is 1. The van der Waals surface area contributed by atoms with Crippen molar-refractivity contribution in [2.24, 2.45) is 0 Å². The van der Waals surface area contributed by atoms with Gasteiger partial charge in [0.15, 0.2) is 0 Å². The lowest BCUT2D eigenvalue weighted by Gasteiger charge is -2.28. The van der Waals surface area contributed by atoms with Crippen LogP contribution < -0.4 is 15.4 Å². The number of ether oxygens (including phenoxy) is 1. The van der Waals surface area contributed by atoms with Crippen LogP contribution >= 0.6 is 11.6 Å². The summed E-state index contributed by atoms with van der Waals surface area (Å²) < 4.78 is 6.95. The SMILES string of the molecule is COc1ccc([C@H]2C(C(=O)Nc3ccc(Cl)cc3)=C(C)Nc3ncnn32)cc1. The molecule has 2 heterocycles. The minimum atomic E-state index is -0.419. The number of nitrogens with one attached hydrogen (secondary N) is 2. The number of carbonyl (C=O) groups excluding carboxylic acids is 1. The summed E-state index contributed by atoms with van der Waals surface area (Å²) in [6.45, 7) is 1.85. The van der Waals surface area contributed by atoms with Gasteiger partial charge in [0.25, 0.3) is 5.91 Å². The van der Waals surface area contributed by atoms with Crippen molar-refractivity contribution in [1.82, 2.24) is 14.8 Å².